The fraction of sp³-hybridized carbons (Fsp3) is 0.0769. The van der Waals surface area contributed by atoms with Crippen LogP contribution in [0.25, 0.3) is 0 Å². The summed E-state index contributed by atoms with van der Waals surface area (Å²) in [4.78, 5) is -1.17. The molecule has 1 N–H and O–H groups in total. The minimum atomic E-state index is -5.51. The number of methoxy groups -OCH3 is 2. The van der Waals surface area contributed by atoms with Gasteiger partial charge in [-0.3, -0.25) is 3.63 Å². The van der Waals surface area contributed by atoms with Gasteiger partial charge < -0.3 is 9.47 Å². The average molecular weight is 572 g/mol. The first kappa shape index (κ1) is 27.4. The summed E-state index contributed by atoms with van der Waals surface area (Å²) in [5, 5.41) is 0. The van der Waals surface area contributed by atoms with Crippen LogP contribution in [-0.2, 0) is 10.1 Å². The monoisotopic (exact) mass is 571 g/mol. The molecule has 0 aliphatic heterocycles. The lowest BCUT2D eigenvalue weighted by Gasteiger charge is -2.35. The van der Waals surface area contributed by atoms with Crippen molar-refractivity contribution >= 4 is 20.4 Å². The van der Waals surface area contributed by atoms with E-state index in [1.807, 2.05) is 0 Å². The van der Waals surface area contributed by atoms with E-state index in [1.165, 1.54) is 62.8 Å². The Morgan fingerprint density at radius 1 is 0.553 bits per heavy atom. The summed E-state index contributed by atoms with van der Waals surface area (Å²) in [5.41, 5.74) is 0. The van der Waals surface area contributed by atoms with Crippen molar-refractivity contribution in [1.82, 2.24) is 0 Å². The molecule has 200 valence electrons. The SMILES string of the molecule is COc1ccc(S([OH+]S(=O)(=O)c2c(F)c(F)c(F)c(F)c2F)(c2ccccc2)c2ccc(OC)cc2)cc1. The number of hydrogen-bond acceptors (Lipinski definition) is 4. The second kappa shape index (κ2) is 10.6. The quantitative estimate of drug-likeness (QED) is 0.0746. The smallest absolute Gasteiger partial charge is 0.428 e. The largest absolute Gasteiger partial charge is 0.497 e. The Kier molecular flexibility index (Phi) is 7.68. The molecule has 0 bridgehead atoms. The molecular weight excluding hydrogens is 551 g/mol. The highest BCUT2D eigenvalue weighted by atomic mass is 32.3. The molecule has 4 aromatic rings. The highest BCUT2D eigenvalue weighted by Crippen LogP contribution is 2.68. The minimum Gasteiger partial charge on any atom is -0.497 e. The lowest BCUT2D eigenvalue weighted by atomic mass is 10.3. The van der Waals surface area contributed by atoms with Gasteiger partial charge in [-0.15, -0.1) is 8.42 Å². The summed E-state index contributed by atoms with van der Waals surface area (Å²) in [6, 6.07) is 20.2. The lowest BCUT2D eigenvalue weighted by molar-refractivity contribution is 0.338. The number of ether oxygens (including phenoxy) is 2. The molecule has 4 aromatic carbocycles. The van der Waals surface area contributed by atoms with Crippen molar-refractivity contribution < 1.29 is 43.5 Å². The molecule has 0 spiro atoms. The van der Waals surface area contributed by atoms with E-state index in [2.05, 4.69) is 3.63 Å². The zero-order chi connectivity index (χ0) is 27.7. The Morgan fingerprint density at radius 3 is 1.32 bits per heavy atom. The van der Waals surface area contributed by atoms with Crippen molar-refractivity contribution in [3.8, 4) is 11.5 Å². The topological polar surface area (TPSA) is 65.4 Å². The molecular formula is C26H20F5O5S2+. The molecule has 12 heteroatoms. The second-order valence-corrected chi connectivity index (χ2v) is 12.2. The standard InChI is InChI=1S/C26H19F5O5S2/c1-34-16-8-12-19(13-9-16)37(18-6-4-3-5-7-18,20-14-10-17(35-2)11-15-20)36-38(32,33)26-24(30)22(28)21(27)23(29)25(26)31/h3-15H,1-2H3/p+1. The Bertz CT molecular complexity index is 1490. The molecule has 0 aliphatic carbocycles. The molecule has 0 heterocycles. The average Bonchev–Trinajstić information content (AvgIpc) is 2.94. The molecule has 0 fully saturated rings. The molecule has 0 saturated heterocycles. The van der Waals surface area contributed by atoms with Crippen LogP contribution in [0.2, 0.25) is 0 Å². The summed E-state index contributed by atoms with van der Waals surface area (Å²) < 4.78 is 113. The van der Waals surface area contributed by atoms with Gasteiger partial charge in [0.05, 0.1) is 39.2 Å². The second-order valence-electron chi connectivity index (χ2n) is 7.69. The third kappa shape index (κ3) is 4.70. The van der Waals surface area contributed by atoms with E-state index in [4.69, 9.17) is 9.47 Å². The molecule has 0 saturated carbocycles. The molecule has 0 radical (unpaired) electrons. The molecule has 0 atom stereocenters. The third-order valence-corrected chi connectivity index (χ3v) is 10.9. The summed E-state index contributed by atoms with van der Waals surface area (Å²) in [7, 11) is -5.97. The van der Waals surface area contributed by atoms with E-state index in [9.17, 15) is 30.4 Å². The van der Waals surface area contributed by atoms with E-state index < -0.39 is 54.4 Å². The molecule has 0 aliphatic rings. The maximum atomic E-state index is 14.7. The fourth-order valence-corrected chi connectivity index (χ4v) is 9.26. The van der Waals surface area contributed by atoms with Crippen LogP contribution >= 0.6 is 10.3 Å². The number of halogens is 5. The predicted molar refractivity (Wildman–Crippen MR) is 131 cm³/mol. The fourth-order valence-electron chi connectivity index (χ4n) is 3.70. The van der Waals surface area contributed by atoms with Gasteiger partial charge in [-0.2, -0.15) is 0 Å². The van der Waals surface area contributed by atoms with E-state index in [-0.39, 0.29) is 9.79 Å². The van der Waals surface area contributed by atoms with Gasteiger partial charge >= 0.3 is 10.1 Å². The van der Waals surface area contributed by atoms with Gasteiger partial charge in [0.2, 0.25) is 10.7 Å². The lowest BCUT2D eigenvalue weighted by Crippen LogP contribution is -2.22. The van der Waals surface area contributed by atoms with Crippen molar-refractivity contribution in [2.75, 3.05) is 14.2 Å². The van der Waals surface area contributed by atoms with Crippen LogP contribution in [0.4, 0.5) is 22.0 Å². The van der Waals surface area contributed by atoms with Crippen molar-refractivity contribution in [3.63, 3.8) is 0 Å². The third-order valence-electron chi connectivity index (χ3n) is 5.52. The first-order valence-electron chi connectivity index (χ1n) is 10.7. The maximum absolute atomic E-state index is 14.7. The summed E-state index contributed by atoms with van der Waals surface area (Å²) in [5.74, 6) is -11.4. The van der Waals surface area contributed by atoms with Crippen LogP contribution in [0.5, 0.6) is 11.5 Å². The zero-order valence-corrected chi connectivity index (χ0v) is 21.4. The minimum absolute atomic E-state index is 0.280. The van der Waals surface area contributed by atoms with Crippen LogP contribution in [-0.4, -0.2) is 26.3 Å². The highest BCUT2D eigenvalue weighted by molar-refractivity contribution is 8.32. The summed E-state index contributed by atoms with van der Waals surface area (Å²) in [6.45, 7) is 0. The van der Waals surface area contributed by atoms with Gasteiger partial charge in [-0.05, 0) is 60.7 Å². The molecule has 0 aromatic heterocycles. The van der Waals surface area contributed by atoms with Gasteiger partial charge in [0.15, 0.2) is 23.3 Å². The molecule has 5 nitrogen and oxygen atoms in total. The first-order chi connectivity index (χ1) is 18.1. The Labute approximate surface area is 217 Å². The van der Waals surface area contributed by atoms with E-state index in [0.717, 1.165) is 0 Å². The Balaban J connectivity index is 2.07. The summed E-state index contributed by atoms with van der Waals surface area (Å²) in [6.07, 6.45) is 0. The van der Waals surface area contributed by atoms with Gasteiger partial charge in [-0.1, -0.05) is 18.2 Å². The Hall–Kier alpha value is -3.61. The van der Waals surface area contributed by atoms with Crippen molar-refractivity contribution in [3.05, 3.63) is 108 Å². The van der Waals surface area contributed by atoms with Crippen LogP contribution in [0.3, 0.4) is 0 Å². The zero-order valence-electron chi connectivity index (χ0n) is 19.8. The van der Waals surface area contributed by atoms with Crippen LogP contribution in [0, 0.1) is 29.1 Å². The van der Waals surface area contributed by atoms with Crippen molar-refractivity contribution in [2.45, 2.75) is 19.6 Å². The van der Waals surface area contributed by atoms with Gasteiger partial charge in [0.25, 0.3) is 0 Å². The molecule has 0 unspecified atom stereocenters. The normalized spacial score (nSPS) is 12.3. The molecule has 38 heavy (non-hydrogen) atoms. The predicted octanol–water partition coefficient (Wildman–Crippen LogP) is 7.08. The first-order valence-corrected chi connectivity index (χ1v) is 13.8. The summed E-state index contributed by atoms with van der Waals surface area (Å²) >= 11 is 0. The van der Waals surface area contributed by atoms with Crippen LogP contribution in [0.1, 0.15) is 0 Å². The van der Waals surface area contributed by atoms with Crippen LogP contribution < -0.4 is 9.47 Å². The van der Waals surface area contributed by atoms with E-state index in [1.54, 1.807) is 30.3 Å². The number of rotatable bonds is 8. The molecule has 4 rings (SSSR count). The van der Waals surface area contributed by atoms with Crippen molar-refractivity contribution in [2.24, 2.45) is 0 Å². The van der Waals surface area contributed by atoms with E-state index in [0.29, 0.717) is 16.4 Å². The molecule has 0 amide bonds. The van der Waals surface area contributed by atoms with Gasteiger partial charge in [-0.25, -0.2) is 22.0 Å². The van der Waals surface area contributed by atoms with Gasteiger partial charge in [0, 0.05) is 0 Å². The number of benzene rings is 4. The highest BCUT2D eigenvalue weighted by Gasteiger charge is 2.47. The maximum Gasteiger partial charge on any atom is 0.428 e. The number of hydrogen-bond donors (Lipinski definition) is 0. The Morgan fingerprint density at radius 2 is 0.921 bits per heavy atom. The van der Waals surface area contributed by atoms with Crippen LogP contribution in [0.15, 0.2) is 98.4 Å². The van der Waals surface area contributed by atoms with Crippen molar-refractivity contribution in [1.29, 1.82) is 0 Å². The van der Waals surface area contributed by atoms with E-state index >= 15 is 0 Å². The van der Waals surface area contributed by atoms with Gasteiger partial charge in [0.1, 0.15) is 11.5 Å².